The normalized spacial score (nSPS) is 22.8. The van der Waals surface area contributed by atoms with Gasteiger partial charge < -0.3 is 15.1 Å². The molecule has 1 amide bonds. The van der Waals surface area contributed by atoms with Crippen molar-refractivity contribution in [3.05, 3.63) is 24.2 Å². The van der Waals surface area contributed by atoms with Crippen LogP contribution in [0.2, 0.25) is 0 Å². The van der Waals surface area contributed by atoms with Crippen LogP contribution in [0.3, 0.4) is 0 Å². The highest BCUT2D eigenvalue weighted by Gasteiger charge is 2.22. The number of piperazine rings is 1. The first kappa shape index (κ1) is 8.31. The molecule has 1 aromatic heterocycles. The maximum atomic E-state index is 11.3. The fraction of sp³-hybridized carbons (Fsp3) is 0.444. The maximum absolute atomic E-state index is 11.3. The van der Waals surface area contributed by atoms with Gasteiger partial charge in [0.05, 0.1) is 12.3 Å². The van der Waals surface area contributed by atoms with Crippen molar-refractivity contribution in [3.63, 3.8) is 0 Å². The summed E-state index contributed by atoms with van der Waals surface area (Å²) in [5, 5.41) is 5.94. The van der Waals surface area contributed by atoms with Crippen LogP contribution in [0.4, 0.5) is 0 Å². The van der Waals surface area contributed by atoms with Crippen molar-refractivity contribution < 1.29 is 9.21 Å². The topological polar surface area (TPSA) is 54.3 Å². The molecule has 1 atom stereocenters. The molecule has 13 heavy (non-hydrogen) atoms. The first-order chi connectivity index (χ1) is 6.36. The van der Waals surface area contributed by atoms with E-state index in [0.717, 1.165) is 12.3 Å². The van der Waals surface area contributed by atoms with Crippen molar-refractivity contribution in [1.82, 2.24) is 10.6 Å². The summed E-state index contributed by atoms with van der Waals surface area (Å²) in [6, 6.07) is 3.57. The van der Waals surface area contributed by atoms with Gasteiger partial charge in [-0.3, -0.25) is 4.79 Å². The van der Waals surface area contributed by atoms with Gasteiger partial charge in [-0.05, 0) is 12.1 Å². The molecule has 0 radical (unpaired) electrons. The van der Waals surface area contributed by atoms with Crippen LogP contribution < -0.4 is 10.6 Å². The lowest BCUT2D eigenvalue weighted by atomic mass is 10.1. The standard InChI is InChI=1S/C9H12N2O2/c12-9-8(10-3-4-11-9)6-7-2-1-5-13-7/h1-2,5,8,10H,3-4,6H2,(H,11,12)/t8-/m0/s1. The van der Waals surface area contributed by atoms with Crippen LogP contribution in [0.25, 0.3) is 0 Å². The van der Waals surface area contributed by atoms with E-state index >= 15 is 0 Å². The molecule has 0 saturated carbocycles. The molecular formula is C9H12N2O2. The van der Waals surface area contributed by atoms with Crippen LogP contribution in [-0.4, -0.2) is 25.0 Å². The van der Waals surface area contributed by atoms with E-state index in [4.69, 9.17) is 4.42 Å². The first-order valence-electron chi connectivity index (χ1n) is 4.40. The quantitative estimate of drug-likeness (QED) is 0.668. The second-order valence-corrected chi connectivity index (χ2v) is 3.08. The average molecular weight is 180 g/mol. The van der Waals surface area contributed by atoms with E-state index < -0.39 is 0 Å². The Balaban J connectivity index is 1.97. The van der Waals surface area contributed by atoms with Crippen molar-refractivity contribution in [3.8, 4) is 0 Å². The minimum atomic E-state index is -0.139. The highest BCUT2D eigenvalue weighted by Crippen LogP contribution is 2.05. The molecule has 1 aromatic rings. The Kier molecular flexibility index (Phi) is 2.31. The van der Waals surface area contributed by atoms with E-state index in [-0.39, 0.29) is 11.9 Å². The Hall–Kier alpha value is -1.29. The lowest BCUT2D eigenvalue weighted by Crippen LogP contribution is -2.53. The van der Waals surface area contributed by atoms with Crippen molar-refractivity contribution in [1.29, 1.82) is 0 Å². The Morgan fingerprint density at radius 1 is 1.54 bits per heavy atom. The highest BCUT2D eigenvalue weighted by atomic mass is 16.3. The zero-order chi connectivity index (χ0) is 9.10. The van der Waals surface area contributed by atoms with Gasteiger partial charge >= 0.3 is 0 Å². The summed E-state index contributed by atoms with van der Waals surface area (Å²) in [5.41, 5.74) is 0. The molecule has 1 fully saturated rings. The highest BCUT2D eigenvalue weighted by molar-refractivity contribution is 5.82. The molecule has 4 heteroatoms. The summed E-state index contributed by atoms with van der Waals surface area (Å²) in [7, 11) is 0. The monoisotopic (exact) mass is 180 g/mol. The van der Waals surface area contributed by atoms with Crippen LogP contribution in [0.1, 0.15) is 5.76 Å². The molecular weight excluding hydrogens is 168 g/mol. The Labute approximate surface area is 76.3 Å². The number of carbonyl (C=O) groups is 1. The minimum absolute atomic E-state index is 0.0580. The van der Waals surface area contributed by atoms with Crippen molar-refractivity contribution in [2.24, 2.45) is 0 Å². The molecule has 0 spiro atoms. The first-order valence-corrected chi connectivity index (χ1v) is 4.40. The van der Waals surface area contributed by atoms with Crippen molar-refractivity contribution in [2.45, 2.75) is 12.5 Å². The minimum Gasteiger partial charge on any atom is -0.469 e. The summed E-state index contributed by atoms with van der Waals surface area (Å²) < 4.78 is 5.16. The third-order valence-corrected chi connectivity index (χ3v) is 2.12. The van der Waals surface area contributed by atoms with Gasteiger partial charge in [0.1, 0.15) is 5.76 Å². The second kappa shape index (κ2) is 3.62. The Bertz CT molecular complexity index is 282. The van der Waals surface area contributed by atoms with E-state index in [0.29, 0.717) is 13.0 Å². The van der Waals surface area contributed by atoms with Crippen LogP contribution in [0.15, 0.2) is 22.8 Å². The van der Waals surface area contributed by atoms with Gasteiger partial charge in [0, 0.05) is 19.5 Å². The summed E-state index contributed by atoms with van der Waals surface area (Å²) in [5.74, 6) is 0.900. The molecule has 1 aliphatic rings. The number of carbonyl (C=O) groups excluding carboxylic acids is 1. The molecule has 2 N–H and O–H groups in total. The lowest BCUT2D eigenvalue weighted by Gasteiger charge is -2.22. The zero-order valence-electron chi connectivity index (χ0n) is 7.25. The van der Waals surface area contributed by atoms with Gasteiger partial charge in [0.15, 0.2) is 0 Å². The molecule has 0 aromatic carbocycles. The fourth-order valence-corrected chi connectivity index (χ4v) is 1.44. The summed E-state index contributed by atoms with van der Waals surface area (Å²) in [4.78, 5) is 11.3. The molecule has 4 nitrogen and oxygen atoms in total. The van der Waals surface area contributed by atoms with Gasteiger partial charge in [0.25, 0.3) is 0 Å². The molecule has 0 unspecified atom stereocenters. The predicted octanol–water partition coefficient (Wildman–Crippen LogP) is -0.0899. The summed E-state index contributed by atoms with van der Waals surface area (Å²) in [6.07, 6.45) is 2.24. The fourth-order valence-electron chi connectivity index (χ4n) is 1.44. The van der Waals surface area contributed by atoms with Gasteiger partial charge in [-0.15, -0.1) is 0 Å². The molecule has 1 saturated heterocycles. The number of rotatable bonds is 2. The van der Waals surface area contributed by atoms with Crippen LogP contribution in [0, 0.1) is 0 Å². The third kappa shape index (κ3) is 1.89. The molecule has 2 rings (SSSR count). The SMILES string of the molecule is O=C1NCCN[C@H]1Cc1ccco1. The van der Waals surface area contributed by atoms with Crippen molar-refractivity contribution in [2.75, 3.05) is 13.1 Å². The van der Waals surface area contributed by atoms with Gasteiger partial charge in [-0.2, -0.15) is 0 Å². The smallest absolute Gasteiger partial charge is 0.237 e. The van der Waals surface area contributed by atoms with Gasteiger partial charge in [0.2, 0.25) is 5.91 Å². The molecule has 1 aliphatic heterocycles. The number of amides is 1. The predicted molar refractivity (Wildman–Crippen MR) is 47.2 cm³/mol. The Morgan fingerprint density at radius 2 is 2.46 bits per heavy atom. The number of hydrogen-bond donors (Lipinski definition) is 2. The largest absolute Gasteiger partial charge is 0.469 e. The van der Waals surface area contributed by atoms with E-state index in [1.807, 2.05) is 12.1 Å². The second-order valence-electron chi connectivity index (χ2n) is 3.08. The number of furan rings is 1. The summed E-state index contributed by atoms with van der Waals surface area (Å²) in [6.45, 7) is 1.55. The van der Waals surface area contributed by atoms with E-state index in [2.05, 4.69) is 10.6 Å². The molecule has 2 heterocycles. The van der Waals surface area contributed by atoms with Crippen LogP contribution in [-0.2, 0) is 11.2 Å². The van der Waals surface area contributed by atoms with Crippen LogP contribution in [0.5, 0.6) is 0 Å². The van der Waals surface area contributed by atoms with Gasteiger partial charge in [-0.25, -0.2) is 0 Å². The number of nitrogens with one attached hydrogen (secondary N) is 2. The zero-order valence-corrected chi connectivity index (χ0v) is 7.25. The third-order valence-electron chi connectivity index (χ3n) is 2.12. The van der Waals surface area contributed by atoms with Gasteiger partial charge in [-0.1, -0.05) is 0 Å². The average Bonchev–Trinajstić information content (AvgIpc) is 2.61. The maximum Gasteiger partial charge on any atom is 0.237 e. The summed E-state index contributed by atoms with van der Waals surface area (Å²) >= 11 is 0. The lowest BCUT2D eigenvalue weighted by molar-refractivity contribution is -0.124. The molecule has 70 valence electrons. The van der Waals surface area contributed by atoms with Crippen molar-refractivity contribution >= 4 is 5.91 Å². The van der Waals surface area contributed by atoms with Crippen LogP contribution >= 0.6 is 0 Å². The number of hydrogen-bond acceptors (Lipinski definition) is 3. The molecule has 0 aliphatic carbocycles. The van der Waals surface area contributed by atoms with E-state index in [1.165, 1.54) is 0 Å². The Morgan fingerprint density at radius 3 is 3.15 bits per heavy atom. The van der Waals surface area contributed by atoms with E-state index in [9.17, 15) is 4.79 Å². The molecule has 0 bridgehead atoms. The van der Waals surface area contributed by atoms with E-state index in [1.54, 1.807) is 6.26 Å².